The highest BCUT2D eigenvalue weighted by Crippen LogP contribution is 2.40. The van der Waals surface area contributed by atoms with Crippen LogP contribution in [-0.2, 0) is 11.3 Å². The van der Waals surface area contributed by atoms with E-state index in [0.717, 1.165) is 17.5 Å². The summed E-state index contributed by atoms with van der Waals surface area (Å²) in [6, 6.07) is 7.19. The smallest absolute Gasteiger partial charge is 0.249 e. The predicted molar refractivity (Wildman–Crippen MR) is 143 cm³/mol. The van der Waals surface area contributed by atoms with Gasteiger partial charge in [0.1, 0.15) is 5.75 Å². The minimum atomic E-state index is -1.51. The largest absolute Gasteiger partial charge is 0.497 e. The molecule has 2 heterocycles. The zero-order chi connectivity index (χ0) is 28.9. The van der Waals surface area contributed by atoms with E-state index in [4.69, 9.17) is 10.5 Å². The minimum Gasteiger partial charge on any atom is -0.497 e. The molecule has 2 aromatic carbocycles. The summed E-state index contributed by atoms with van der Waals surface area (Å²) >= 11 is 0. The fourth-order valence-electron chi connectivity index (χ4n) is 5.40. The van der Waals surface area contributed by atoms with Crippen molar-refractivity contribution < 1.29 is 33.0 Å². The first-order valence-electron chi connectivity index (χ1n) is 13.1. The van der Waals surface area contributed by atoms with Gasteiger partial charge >= 0.3 is 0 Å². The van der Waals surface area contributed by atoms with Crippen LogP contribution in [0, 0.1) is 22.9 Å². The van der Waals surface area contributed by atoms with Crippen LogP contribution in [0.25, 0.3) is 10.9 Å². The standard InChI is InChI=1S/C28H34F3N5O4/c1-40-19-2-3-23-20(14-19)25(17(15-32)16-34-23)24(37)4-5-28(27(38)35-39)6-9-36(10-7-28)11-8-33-18-12-21(29)26(31)22(30)13-18/h2-3,12-14,16,24,33,37,39H,4-11,15,32H2,1H3,(H,35,38). The maximum Gasteiger partial charge on any atom is 0.249 e. The highest BCUT2D eigenvalue weighted by molar-refractivity contribution is 5.85. The van der Waals surface area contributed by atoms with Gasteiger partial charge in [-0.2, -0.15) is 0 Å². The molecule has 1 atom stereocenters. The number of carbonyl (C=O) groups excluding carboxylic acids is 1. The Morgan fingerprint density at radius 3 is 2.52 bits per heavy atom. The Labute approximate surface area is 230 Å². The molecule has 1 unspecified atom stereocenters. The molecule has 12 heteroatoms. The molecule has 0 spiro atoms. The lowest BCUT2D eigenvalue weighted by Gasteiger charge is -2.40. The Hall–Kier alpha value is -3.45. The number of pyridine rings is 1. The average Bonchev–Trinajstić information content (AvgIpc) is 2.97. The number of likely N-dealkylation sites (tertiary alicyclic amines) is 1. The predicted octanol–water partition coefficient (Wildman–Crippen LogP) is 3.63. The van der Waals surface area contributed by atoms with E-state index in [1.165, 1.54) is 0 Å². The second-order valence-electron chi connectivity index (χ2n) is 10.1. The van der Waals surface area contributed by atoms with Crippen LogP contribution in [0.15, 0.2) is 36.5 Å². The summed E-state index contributed by atoms with van der Waals surface area (Å²) in [5, 5.41) is 24.4. The molecule has 1 aliphatic heterocycles. The number of fused-ring (bicyclic) bond motifs is 1. The zero-order valence-electron chi connectivity index (χ0n) is 22.2. The minimum absolute atomic E-state index is 0.134. The fourth-order valence-corrected chi connectivity index (χ4v) is 5.40. The number of rotatable bonds is 11. The molecular weight excluding hydrogens is 527 g/mol. The number of carbonyl (C=O) groups is 1. The Kier molecular flexibility index (Phi) is 9.46. The molecule has 3 aromatic rings. The molecule has 0 saturated carbocycles. The molecule has 1 fully saturated rings. The van der Waals surface area contributed by atoms with Crippen molar-refractivity contribution in [2.45, 2.75) is 38.3 Å². The van der Waals surface area contributed by atoms with E-state index in [-0.39, 0.29) is 18.7 Å². The third kappa shape index (κ3) is 6.30. The number of aliphatic hydroxyl groups excluding tert-OH is 1. The monoisotopic (exact) mass is 561 g/mol. The van der Waals surface area contributed by atoms with Gasteiger partial charge in [-0.3, -0.25) is 15.0 Å². The molecule has 4 rings (SSSR count). The van der Waals surface area contributed by atoms with Crippen LogP contribution in [0.1, 0.15) is 42.9 Å². The number of piperidine rings is 1. The van der Waals surface area contributed by atoms with Crippen molar-refractivity contribution >= 4 is 22.5 Å². The summed E-state index contributed by atoms with van der Waals surface area (Å²) in [5.74, 6) is -3.93. The van der Waals surface area contributed by atoms with Gasteiger partial charge in [-0.15, -0.1) is 0 Å². The summed E-state index contributed by atoms with van der Waals surface area (Å²) in [6.07, 6.45) is 2.14. The van der Waals surface area contributed by atoms with Gasteiger partial charge in [-0.25, -0.2) is 18.7 Å². The summed E-state index contributed by atoms with van der Waals surface area (Å²) in [4.78, 5) is 19.3. The molecule has 1 amide bonds. The topological polar surface area (TPSA) is 133 Å². The summed E-state index contributed by atoms with van der Waals surface area (Å²) in [7, 11) is 1.56. The van der Waals surface area contributed by atoms with Gasteiger partial charge in [0.2, 0.25) is 5.91 Å². The quantitative estimate of drug-likeness (QED) is 0.136. The number of nitrogens with one attached hydrogen (secondary N) is 2. The van der Waals surface area contributed by atoms with Gasteiger partial charge < -0.3 is 25.8 Å². The lowest BCUT2D eigenvalue weighted by atomic mass is 9.73. The second-order valence-corrected chi connectivity index (χ2v) is 10.1. The van der Waals surface area contributed by atoms with Gasteiger partial charge in [0.05, 0.1) is 24.1 Å². The number of anilines is 1. The first kappa shape index (κ1) is 29.5. The number of aromatic nitrogens is 1. The van der Waals surface area contributed by atoms with E-state index in [0.29, 0.717) is 67.8 Å². The van der Waals surface area contributed by atoms with Crippen molar-refractivity contribution in [2.75, 3.05) is 38.6 Å². The summed E-state index contributed by atoms with van der Waals surface area (Å²) in [5.41, 5.74) is 9.01. The van der Waals surface area contributed by atoms with Crippen molar-refractivity contribution in [1.29, 1.82) is 0 Å². The van der Waals surface area contributed by atoms with Gasteiger partial charge in [0.15, 0.2) is 17.5 Å². The number of methoxy groups -OCH3 is 1. The molecule has 1 aliphatic rings. The number of benzene rings is 2. The molecule has 40 heavy (non-hydrogen) atoms. The number of nitrogens with zero attached hydrogens (tertiary/aromatic N) is 2. The van der Waals surface area contributed by atoms with Gasteiger partial charge in [0, 0.05) is 49.0 Å². The number of amides is 1. The van der Waals surface area contributed by atoms with Crippen LogP contribution in [-0.4, -0.2) is 59.4 Å². The number of nitrogens with two attached hydrogens (primary N) is 1. The van der Waals surface area contributed by atoms with Crippen LogP contribution in [0.5, 0.6) is 5.75 Å². The van der Waals surface area contributed by atoms with E-state index in [1.807, 2.05) is 0 Å². The van der Waals surface area contributed by atoms with Crippen molar-refractivity contribution in [2.24, 2.45) is 11.1 Å². The molecule has 6 N–H and O–H groups in total. The lowest BCUT2D eigenvalue weighted by Crippen LogP contribution is -2.49. The normalized spacial score (nSPS) is 16.1. The molecule has 1 aromatic heterocycles. The third-order valence-corrected chi connectivity index (χ3v) is 7.79. The van der Waals surface area contributed by atoms with Crippen LogP contribution in [0.3, 0.4) is 0 Å². The number of aliphatic hydroxyl groups is 1. The maximum absolute atomic E-state index is 13.5. The maximum atomic E-state index is 13.5. The Morgan fingerprint density at radius 1 is 1.20 bits per heavy atom. The highest BCUT2D eigenvalue weighted by atomic mass is 19.2. The third-order valence-electron chi connectivity index (χ3n) is 7.79. The molecule has 0 bridgehead atoms. The van der Waals surface area contributed by atoms with E-state index >= 15 is 0 Å². The van der Waals surface area contributed by atoms with Crippen LogP contribution < -0.4 is 21.3 Å². The van der Waals surface area contributed by atoms with Crippen LogP contribution >= 0.6 is 0 Å². The highest BCUT2D eigenvalue weighted by Gasteiger charge is 2.41. The number of halogens is 3. The van der Waals surface area contributed by atoms with Crippen molar-refractivity contribution in [3.05, 3.63) is 65.1 Å². The second kappa shape index (κ2) is 12.8. The van der Waals surface area contributed by atoms with E-state index in [9.17, 15) is 28.3 Å². The Morgan fingerprint density at radius 2 is 1.90 bits per heavy atom. The van der Waals surface area contributed by atoms with Crippen LogP contribution in [0.4, 0.5) is 18.9 Å². The fraction of sp³-hybridized carbons (Fsp3) is 0.429. The number of hydroxylamine groups is 1. The lowest BCUT2D eigenvalue weighted by molar-refractivity contribution is -0.143. The molecule has 0 aliphatic carbocycles. The van der Waals surface area contributed by atoms with Gasteiger partial charge in [0.25, 0.3) is 0 Å². The average molecular weight is 562 g/mol. The Bertz CT molecular complexity index is 1320. The summed E-state index contributed by atoms with van der Waals surface area (Å²) in [6.45, 7) is 2.10. The zero-order valence-corrected chi connectivity index (χ0v) is 22.2. The van der Waals surface area contributed by atoms with Crippen molar-refractivity contribution in [1.82, 2.24) is 15.4 Å². The molecule has 216 valence electrons. The molecule has 1 saturated heterocycles. The van der Waals surface area contributed by atoms with Gasteiger partial charge in [-0.1, -0.05) is 0 Å². The van der Waals surface area contributed by atoms with E-state index in [2.05, 4.69) is 15.2 Å². The Balaban J connectivity index is 1.41. The van der Waals surface area contributed by atoms with Crippen molar-refractivity contribution in [3.8, 4) is 5.75 Å². The first-order chi connectivity index (χ1) is 19.2. The van der Waals surface area contributed by atoms with E-state index < -0.39 is 34.9 Å². The molecule has 0 radical (unpaired) electrons. The molecular formula is C28H34F3N5O4. The summed E-state index contributed by atoms with van der Waals surface area (Å²) < 4.78 is 45.4. The molecule has 9 nitrogen and oxygen atoms in total. The number of hydrogen-bond donors (Lipinski definition) is 5. The van der Waals surface area contributed by atoms with Gasteiger partial charge in [-0.05, 0) is 68.1 Å². The number of ether oxygens (including phenoxy) is 1. The SMILES string of the molecule is COc1ccc2ncc(CN)c(C(O)CCC3(C(=O)NO)CCN(CCNc4cc(F)c(F)c(F)c4)CC3)c2c1. The number of hydrogen-bond acceptors (Lipinski definition) is 8. The first-order valence-corrected chi connectivity index (χ1v) is 13.1. The van der Waals surface area contributed by atoms with E-state index in [1.54, 1.807) is 37.0 Å². The van der Waals surface area contributed by atoms with Crippen molar-refractivity contribution in [3.63, 3.8) is 0 Å². The van der Waals surface area contributed by atoms with Crippen LogP contribution in [0.2, 0.25) is 0 Å².